The molecule has 0 saturated carbocycles. The van der Waals surface area contributed by atoms with Crippen LogP contribution < -0.4 is 10.6 Å². The van der Waals surface area contributed by atoms with Gasteiger partial charge in [0.05, 0.1) is 24.2 Å². The van der Waals surface area contributed by atoms with Gasteiger partial charge in [-0.15, -0.1) is 0 Å². The Morgan fingerprint density at radius 2 is 2.38 bits per heavy atom. The van der Waals surface area contributed by atoms with Crippen LogP contribution in [0.3, 0.4) is 0 Å². The van der Waals surface area contributed by atoms with Crippen molar-refractivity contribution in [2.45, 2.75) is 25.5 Å². The summed E-state index contributed by atoms with van der Waals surface area (Å²) in [4.78, 5) is 10.8. The van der Waals surface area contributed by atoms with Gasteiger partial charge in [0.15, 0.2) is 0 Å². The summed E-state index contributed by atoms with van der Waals surface area (Å²) in [5.74, 6) is 0.916. The average Bonchev–Trinajstić information content (AvgIpc) is 2.39. The molecule has 1 aromatic heterocycles. The van der Waals surface area contributed by atoms with Gasteiger partial charge in [0, 0.05) is 26.7 Å². The smallest absolute Gasteiger partial charge is 0.147 e. The summed E-state index contributed by atoms with van der Waals surface area (Å²) in [6.07, 6.45) is 6.11. The number of piperidine rings is 1. The predicted octanol–water partition coefficient (Wildman–Crippen LogP) is 0.550. The van der Waals surface area contributed by atoms with Gasteiger partial charge in [-0.25, -0.2) is 4.98 Å². The van der Waals surface area contributed by atoms with Gasteiger partial charge >= 0.3 is 0 Å². The lowest BCUT2D eigenvalue weighted by molar-refractivity contribution is 0.0891. The van der Waals surface area contributed by atoms with E-state index < -0.39 is 0 Å². The molecule has 88 valence electrons. The maximum atomic E-state index is 5.49. The third-order valence-electron chi connectivity index (χ3n) is 2.94. The quantitative estimate of drug-likeness (QED) is 0.809. The average molecular weight is 222 g/mol. The van der Waals surface area contributed by atoms with Gasteiger partial charge < -0.3 is 15.4 Å². The largest absolute Gasteiger partial charge is 0.380 e. The summed E-state index contributed by atoms with van der Waals surface area (Å²) in [6, 6.07) is 0. The number of hydrogen-bond donors (Lipinski definition) is 1. The summed E-state index contributed by atoms with van der Waals surface area (Å²) in [5.41, 5.74) is 6.31. The van der Waals surface area contributed by atoms with Crippen molar-refractivity contribution in [3.8, 4) is 0 Å². The molecule has 2 heterocycles. The lowest BCUT2D eigenvalue weighted by atomic mass is 10.1. The first-order chi connectivity index (χ1) is 7.83. The number of nitrogens with zero attached hydrogens (tertiary/aromatic N) is 3. The zero-order chi connectivity index (χ0) is 11.4. The summed E-state index contributed by atoms with van der Waals surface area (Å²) in [6.45, 7) is 2.36. The Hall–Kier alpha value is -1.20. The van der Waals surface area contributed by atoms with Crippen LogP contribution in [0.2, 0.25) is 0 Å². The van der Waals surface area contributed by atoms with Gasteiger partial charge in [-0.3, -0.25) is 4.98 Å². The fraction of sp³-hybridized carbons (Fsp3) is 0.636. The summed E-state index contributed by atoms with van der Waals surface area (Å²) < 4.78 is 5.38. The molecule has 16 heavy (non-hydrogen) atoms. The van der Waals surface area contributed by atoms with E-state index in [0.717, 1.165) is 37.4 Å². The van der Waals surface area contributed by atoms with Crippen LogP contribution in [-0.2, 0) is 11.3 Å². The lowest BCUT2D eigenvalue weighted by Crippen LogP contribution is -2.39. The van der Waals surface area contributed by atoms with Crippen LogP contribution in [0, 0.1) is 0 Å². The Morgan fingerprint density at radius 3 is 3.00 bits per heavy atom. The third-order valence-corrected chi connectivity index (χ3v) is 2.94. The maximum Gasteiger partial charge on any atom is 0.147 e. The molecule has 0 aromatic carbocycles. The molecule has 1 fully saturated rings. The number of hydrogen-bond acceptors (Lipinski definition) is 5. The Balaban J connectivity index is 2.05. The zero-order valence-corrected chi connectivity index (χ0v) is 9.59. The van der Waals surface area contributed by atoms with Crippen LogP contribution in [0.15, 0.2) is 12.4 Å². The van der Waals surface area contributed by atoms with Crippen molar-refractivity contribution in [3.63, 3.8) is 0 Å². The van der Waals surface area contributed by atoms with Gasteiger partial charge in [-0.05, 0) is 12.8 Å². The molecule has 5 nitrogen and oxygen atoms in total. The van der Waals surface area contributed by atoms with Gasteiger partial charge in [0.25, 0.3) is 0 Å². The molecule has 0 bridgehead atoms. The molecular formula is C11H18N4O. The normalized spacial score (nSPS) is 21.1. The van der Waals surface area contributed by atoms with Crippen molar-refractivity contribution in [1.82, 2.24) is 9.97 Å². The number of aromatic nitrogens is 2. The molecule has 2 rings (SSSR count). The topological polar surface area (TPSA) is 64.3 Å². The second-order valence-corrected chi connectivity index (χ2v) is 4.02. The highest BCUT2D eigenvalue weighted by molar-refractivity contribution is 5.36. The molecular weight excluding hydrogens is 204 g/mol. The van der Waals surface area contributed by atoms with Crippen molar-refractivity contribution in [2.75, 3.05) is 25.1 Å². The van der Waals surface area contributed by atoms with Crippen LogP contribution in [-0.4, -0.2) is 36.3 Å². The first kappa shape index (κ1) is 11.3. The summed E-state index contributed by atoms with van der Waals surface area (Å²) in [5, 5.41) is 0. The monoisotopic (exact) mass is 222 g/mol. The predicted molar refractivity (Wildman–Crippen MR) is 62.2 cm³/mol. The number of methoxy groups -OCH3 is 1. The first-order valence-electron chi connectivity index (χ1n) is 5.62. The summed E-state index contributed by atoms with van der Waals surface area (Å²) >= 11 is 0. The number of anilines is 1. The molecule has 0 radical (unpaired) electrons. The molecule has 0 aliphatic carbocycles. The Bertz CT molecular complexity index is 327. The molecule has 1 aliphatic heterocycles. The number of rotatable bonds is 3. The molecule has 1 aromatic rings. The van der Waals surface area contributed by atoms with Gasteiger partial charge in [-0.2, -0.15) is 0 Å². The lowest BCUT2D eigenvalue weighted by Gasteiger charge is -2.32. The van der Waals surface area contributed by atoms with E-state index in [1.165, 1.54) is 0 Å². The fourth-order valence-corrected chi connectivity index (χ4v) is 1.96. The number of ether oxygens (including phenoxy) is 1. The first-order valence-corrected chi connectivity index (χ1v) is 5.62. The van der Waals surface area contributed by atoms with Crippen LogP contribution in [0.4, 0.5) is 5.82 Å². The van der Waals surface area contributed by atoms with Crippen molar-refractivity contribution in [2.24, 2.45) is 5.73 Å². The van der Waals surface area contributed by atoms with E-state index in [1.807, 2.05) is 0 Å². The number of nitrogens with two attached hydrogens (primary N) is 1. The minimum atomic E-state index is 0.310. The molecule has 1 atom stereocenters. The van der Waals surface area contributed by atoms with E-state index >= 15 is 0 Å². The highest BCUT2D eigenvalue weighted by atomic mass is 16.5. The van der Waals surface area contributed by atoms with E-state index in [1.54, 1.807) is 19.5 Å². The minimum Gasteiger partial charge on any atom is -0.380 e. The van der Waals surface area contributed by atoms with Crippen molar-refractivity contribution >= 4 is 5.82 Å². The van der Waals surface area contributed by atoms with Crippen LogP contribution in [0.5, 0.6) is 0 Å². The van der Waals surface area contributed by atoms with E-state index in [9.17, 15) is 0 Å². The van der Waals surface area contributed by atoms with Crippen LogP contribution >= 0.6 is 0 Å². The van der Waals surface area contributed by atoms with E-state index in [0.29, 0.717) is 12.6 Å². The maximum absolute atomic E-state index is 5.49. The molecule has 2 N–H and O–H groups in total. The second kappa shape index (κ2) is 5.23. The van der Waals surface area contributed by atoms with Crippen LogP contribution in [0.1, 0.15) is 18.5 Å². The van der Waals surface area contributed by atoms with Gasteiger partial charge in [-0.1, -0.05) is 0 Å². The Labute approximate surface area is 95.6 Å². The molecule has 1 unspecified atom stereocenters. The fourth-order valence-electron chi connectivity index (χ4n) is 1.96. The highest BCUT2D eigenvalue weighted by Crippen LogP contribution is 2.18. The Kier molecular flexibility index (Phi) is 3.69. The molecule has 1 aliphatic rings. The van der Waals surface area contributed by atoms with Gasteiger partial charge in [0.2, 0.25) is 0 Å². The second-order valence-electron chi connectivity index (χ2n) is 4.02. The molecule has 1 saturated heterocycles. The highest BCUT2D eigenvalue weighted by Gasteiger charge is 2.20. The summed E-state index contributed by atoms with van der Waals surface area (Å²) in [7, 11) is 1.76. The zero-order valence-electron chi connectivity index (χ0n) is 9.59. The van der Waals surface area contributed by atoms with Gasteiger partial charge in [0.1, 0.15) is 5.82 Å². The molecule has 0 amide bonds. The molecule has 5 heteroatoms. The SMILES string of the molecule is COC1CCCN(c2cnc(CN)cn2)C1. The standard InChI is InChI=1S/C11H18N4O/c1-16-10-3-2-4-15(8-10)11-7-13-9(5-12)6-14-11/h6-7,10H,2-5,8,12H2,1H3. The Morgan fingerprint density at radius 1 is 1.50 bits per heavy atom. The minimum absolute atomic E-state index is 0.310. The molecule has 0 spiro atoms. The van der Waals surface area contributed by atoms with Crippen LogP contribution in [0.25, 0.3) is 0 Å². The van der Waals surface area contributed by atoms with Crippen molar-refractivity contribution < 1.29 is 4.74 Å². The van der Waals surface area contributed by atoms with Crippen molar-refractivity contribution in [1.29, 1.82) is 0 Å². The third kappa shape index (κ3) is 2.48. The van der Waals surface area contributed by atoms with Crippen molar-refractivity contribution in [3.05, 3.63) is 18.1 Å². The van der Waals surface area contributed by atoms with E-state index in [-0.39, 0.29) is 0 Å². The van der Waals surface area contributed by atoms with E-state index in [4.69, 9.17) is 10.5 Å². The van der Waals surface area contributed by atoms with E-state index in [2.05, 4.69) is 14.9 Å².